The van der Waals surface area contributed by atoms with Gasteiger partial charge in [0.25, 0.3) is 0 Å². The number of carbonyl (C=O) groups excluding carboxylic acids is 1. The summed E-state index contributed by atoms with van der Waals surface area (Å²) in [6, 6.07) is 14.0. The van der Waals surface area contributed by atoms with E-state index in [0.717, 1.165) is 10.9 Å². The van der Waals surface area contributed by atoms with Crippen LogP contribution in [0.1, 0.15) is 24.4 Å². The predicted octanol–water partition coefficient (Wildman–Crippen LogP) is 2.11. The molecule has 2 aromatic carbocycles. The van der Waals surface area contributed by atoms with E-state index in [0.29, 0.717) is 12.8 Å². The number of rotatable bonds is 4. The van der Waals surface area contributed by atoms with Gasteiger partial charge in [0.05, 0.1) is 0 Å². The molecule has 2 aromatic rings. The summed E-state index contributed by atoms with van der Waals surface area (Å²) < 4.78 is 0. The molecule has 1 unspecified atom stereocenters. The molecule has 0 aliphatic rings. The van der Waals surface area contributed by atoms with Crippen LogP contribution in [0.3, 0.4) is 0 Å². The smallest absolute Gasteiger partial charge is 0.217 e. The Labute approximate surface area is 100 Å². The van der Waals surface area contributed by atoms with Crippen LogP contribution < -0.4 is 11.5 Å². The van der Waals surface area contributed by atoms with Crippen LogP contribution in [0.4, 0.5) is 0 Å². The molecular weight excluding hydrogens is 212 g/mol. The van der Waals surface area contributed by atoms with Crippen molar-refractivity contribution >= 4 is 16.7 Å². The summed E-state index contributed by atoms with van der Waals surface area (Å²) >= 11 is 0. The number of fused-ring (bicyclic) bond motifs is 1. The molecule has 1 atom stereocenters. The Morgan fingerprint density at radius 1 is 1.12 bits per heavy atom. The molecule has 0 saturated heterocycles. The van der Waals surface area contributed by atoms with Gasteiger partial charge >= 0.3 is 0 Å². The van der Waals surface area contributed by atoms with E-state index in [1.165, 1.54) is 5.39 Å². The molecule has 1 amide bonds. The number of amides is 1. The van der Waals surface area contributed by atoms with E-state index in [2.05, 4.69) is 18.2 Å². The van der Waals surface area contributed by atoms with Crippen molar-refractivity contribution in [2.24, 2.45) is 11.5 Å². The highest BCUT2D eigenvalue weighted by Crippen LogP contribution is 2.25. The highest BCUT2D eigenvalue weighted by Gasteiger charge is 2.10. The molecular formula is C14H16N2O. The topological polar surface area (TPSA) is 69.1 Å². The summed E-state index contributed by atoms with van der Waals surface area (Å²) in [6.45, 7) is 0. The number of benzene rings is 2. The number of primary amides is 1. The van der Waals surface area contributed by atoms with Gasteiger partial charge in [0.1, 0.15) is 0 Å². The van der Waals surface area contributed by atoms with Gasteiger partial charge in [-0.15, -0.1) is 0 Å². The van der Waals surface area contributed by atoms with Gasteiger partial charge in [-0.3, -0.25) is 4.79 Å². The van der Waals surface area contributed by atoms with Gasteiger partial charge in [0.2, 0.25) is 5.91 Å². The molecule has 0 radical (unpaired) electrons. The molecule has 0 aliphatic heterocycles. The minimum Gasteiger partial charge on any atom is -0.370 e. The number of nitrogens with two attached hydrogens (primary N) is 2. The first-order chi connectivity index (χ1) is 8.18. The Morgan fingerprint density at radius 3 is 2.59 bits per heavy atom. The molecule has 0 fully saturated rings. The lowest BCUT2D eigenvalue weighted by Crippen LogP contribution is -2.16. The van der Waals surface area contributed by atoms with E-state index in [1.807, 2.05) is 24.3 Å². The van der Waals surface area contributed by atoms with E-state index in [4.69, 9.17) is 11.5 Å². The Kier molecular flexibility index (Phi) is 3.40. The first-order valence-electron chi connectivity index (χ1n) is 5.70. The van der Waals surface area contributed by atoms with Gasteiger partial charge in [-0.05, 0) is 22.8 Å². The molecule has 0 heterocycles. The fourth-order valence-electron chi connectivity index (χ4n) is 2.03. The van der Waals surface area contributed by atoms with Crippen LogP contribution in [0.2, 0.25) is 0 Å². The van der Waals surface area contributed by atoms with Gasteiger partial charge in [0, 0.05) is 12.5 Å². The van der Waals surface area contributed by atoms with Crippen LogP contribution >= 0.6 is 0 Å². The minimum absolute atomic E-state index is 0.145. The fraction of sp³-hybridized carbons (Fsp3) is 0.214. The molecule has 3 heteroatoms. The maximum absolute atomic E-state index is 10.8. The lowest BCUT2D eigenvalue weighted by molar-refractivity contribution is -0.118. The van der Waals surface area contributed by atoms with Crippen LogP contribution in [0.15, 0.2) is 42.5 Å². The van der Waals surface area contributed by atoms with Gasteiger partial charge < -0.3 is 11.5 Å². The molecule has 0 bridgehead atoms. The minimum atomic E-state index is -0.305. The molecule has 0 saturated carbocycles. The maximum Gasteiger partial charge on any atom is 0.217 e. The Hall–Kier alpha value is -1.87. The first-order valence-corrected chi connectivity index (χ1v) is 5.70. The number of carbonyl (C=O) groups is 1. The summed E-state index contributed by atoms with van der Waals surface area (Å²) in [6.07, 6.45) is 0.910. The van der Waals surface area contributed by atoms with Crippen molar-refractivity contribution in [3.05, 3.63) is 48.0 Å². The van der Waals surface area contributed by atoms with Crippen molar-refractivity contribution in [2.45, 2.75) is 18.9 Å². The van der Waals surface area contributed by atoms with Crippen LogP contribution in [0, 0.1) is 0 Å². The molecule has 88 valence electrons. The third-order valence-electron chi connectivity index (χ3n) is 2.92. The van der Waals surface area contributed by atoms with Crippen molar-refractivity contribution < 1.29 is 4.79 Å². The highest BCUT2D eigenvalue weighted by molar-refractivity contribution is 5.86. The van der Waals surface area contributed by atoms with Crippen molar-refractivity contribution in [3.63, 3.8) is 0 Å². The lowest BCUT2D eigenvalue weighted by Gasteiger charge is -2.13. The van der Waals surface area contributed by atoms with Crippen molar-refractivity contribution in [1.29, 1.82) is 0 Å². The summed E-state index contributed by atoms with van der Waals surface area (Å²) in [5.41, 5.74) is 12.3. The molecule has 3 nitrogen and oxygen atoms in total. The normalized spacial score (nSPS) is 12.5. The lowest BCUT2D eigenvalue weighted by atomic mass is 9.96. The van der Waals surface area contributed by atoms with E-state index in [1.54, 1.807) is 0 Å². The average molecular weight is 228 g/mol. The summed E-state index contributed by atoms with van der Waals surface area (Å²) in [7, 11) is 0. The second kappa shape index (κ2) is 4.97. The van der Waals surface area contributed by atoms with Crippen molar-refractivity contribution in [3.8, 4) is 0 Å². The molecule has 0 aliphatic carbocycles. The van der Waals surface area contributed by atoms with Gasteiger partial charge in [0.15, 0.2) is 0 Å². The SMILES string of the molecule is NC(=O)CCC(N)c1cccc2ccccc12. The fourth-order valence-corrected chi connectivity index (χ4v) is 2.03. The third kappa shape index (κ3) is 2.63. The average Bonchev–Trinajstić information content (AvgIpc) is 2.35. The van der Waals surface area contributed by atoms with E-state index < -0.39 is 0 Å². The Morgan fingerprint density at radius 2 is 1.82 bits per heavy atom. The predicted molar refractivity (Wildman–Crippen MR) is 69.3 cm³/mol. The number of hydrogen-bond acceptors (Lipinski definition) is 2. The third-order valence-corrected chi connectivity index (χ3v) is 2.92. The summed E-state index contributed by atoms with van der Waals surface area (Å²) in [4.78, 5) is 10.8. The van der Waals surface area contributed by atoms with Crippen LogP contribution in [-0.4, -0.2) is 5.91 Å². The molecule has 0 spiro atoms. The molecule has 0 aromatic heterocycles. The van der Waals surface area contributed by atoms with Crippen molar-refractivity contribution in [2.75, 3.05) is 0 Å². The number of hydrogen-bond donors (Lipinski definition) is 2. The van der Waals surface area contributed by atoms with E-state index in [9.17, 15) is 4.79 Å². The van der Waals surface area contributed by atoms with Crippen LogP contribution in [0.25, 0.3) is 10.8 Å². The second-order valence-electron chi connectivity index (χ2n) is 4.18. The highest BCUT2D eigenvalue weighted by atomic mass is 16.1. The van der Waals surface area contributed by atoms with Crippen LogP contribution in [0.5, 0.6) is 0 Å². The first kappa shape index (κ1) is 11.6. The van der Waals surface area contributed by atoms with E-state index in [-0.39, 0.29) is 11.9 Å². The Balaban J connectivity index is 2.31. The zero-order valence-corrected chi connectivity index (χ0v) is 9.60. The van der Waals surface area contributed by atoms with Gasteiger partial charge in [-0.2, -0.15) is 0 Å². The monoisotopic (exact) mass is 228 g/mol. The summed E-state index contributed by atoms with van der Waals surface area (Å²) in [5.74, 6) is -0.305. The Bertz CT molecular complexity index is 531. The van der Waals surface area contributed by atoms with Crippen molar-refractivity contribution in [1.82, 2.24) is 0 Å². The largest absolute Gasteiger partial charge is 0.370 e. The zero-order chi connectivity index (χ0) is 12.3. The quantitative estimate of drug-likeness (QED) is 0.841. The van der Waals surface area contributed by atoms with Gasteiger partial charge in [-0.25, -0.2) is 0 Å². The second-order valence-corrected chi connectivity index (χ2v) is 4.18. The van der Waals surface area contributed by atoms with E-state index >= 15 is 0 Å². The van der Waals surface area contributed by atoms with Gasteiger partial charge in [-0.1, -0.05) is 42.5 Å². The molecule has 2 rings (SSSR count). The zero-order valence-electron chi connectivity index (χ0n) is 9.60. The summed E-state index contributed by atoms with van der Waals surface area (Å²) in [5, 5.41) is 2.31. The standard InChI is InChI=1S/C14H16N2O/c15-13(8-9-14(16)17)12-7-3-5-10-4-1-2-6-11(10)12/h1-7,13H,8-9,15H2,(H2,16,17). The molecule has 17 heavy (non-hydrogen) atoms. The molecule has 4 N–H and O–H groups in total. The maximum atomic E-state index is 10.8. The van der Waals surface area contributed by atoms with Crippen LogP contribution in [-0.2, 0) is 4.79 Å².